The molecule has 0 aliphatic rings. The molecule has 1 aromatic heterocycles. The second-order valence-corrected chi connectivity index (χ2v) is 6.42. The second kappa shape index (κ2) is 7.57. The molecule has 0 saturated heterocycles. The number of nitrogens with one attached hydrogen (secondary N) is 1. The van der Waals surface area contributed by atoms with Gasteiger partial charge in [-0.1, -0.05) is 19.9 Å². The van der Waals surface area contributed by atoms with Crippen molar-refractivity contribution in [1.29, 1.82) is 0 Å². The van der Waals surface area contributed by atoms with E-state index >= 15 is 0 Å². The summed E-state index contributed by atoms with van der Waals surface area (Å²) >= 11 is 3.52. The molecule has 4 heteroatoms. The monoisotopic (exact) mass is 348 g/mol. The molecule has 0 fully saturated rings. The molecule has 3 nitrogen and oxygen atoms in total. The van der Waals surface area contributed by atoms with Crippen LogP contribution in [0.3, 0.4) is 0 Å². The first kappa shape index (κ1) is 16.0. The van der Waals surface area contributed by atoms with E-state index in [1.165, 1.54) is 11.1 Å². The quantitative estimate of drug-likeness (QED) is 0.822. The van der Waals surface area contributed by atoms with Gasteiger partial charge in [0.1, 0.15) is 5.75 Å². The molecule has 0 bridgehead atoms. The summed E-state index contributed by atoms with van der Waals surface area (Å²) in [6, 6.07) is 9.98. The van der Waals surface area contributed by atoms with Crippen molar-refractivity contribution in [2.45, 2.75) is 27.3 Å². The molecule has 0 saturated carbocycles. The van der Waals surface area contributed by atoms with Gasteiger partial charge in [-0.25, -0.2) is 4.98 Å². The van der Waals surface area contributed by atoms with Gasteiger partial charge in [0.2, 0.25) is 5.88 Å². The number of nitrogens with zero attached hydrogens (tertiary/aromatic N) is 1. The van der Waals surface area contributed by atoms with E-state index in [-0.39, 0.29) is 0 Å². The van der Waals surface area contributed by atoms with E-state index in [9.17, 15) is 0 Å². The normalized spacial score (nSPS) is 10.9. The van der Waals surface area contributed by atoms with Crippen LogP contribution < -0.4 is 10.1 Å². The summed E-state index contributed by atoms with van der Waals surface area (Å²) in [4.78, 5) is 4.27. The maximum absolute atomic E-state index is 5.85. The highest BCUT2D eigenvalue weighted by Gasteiger charge is 2.05. The van der Waals surface area contributed by atoms with Crippen molar-refractivity contribution in [3.05, 3.63) is 52.1 Å². The largest absolute Gasteiger partial charge is 0.438 e. The maximum atomic E-state index is 5.85. The summed E-state index contributed by atoms with van der Waals surface area (Å²) in [5.41, 5.74) is 2.36. The summed E-state index contributed by atoms with van der Waals surface area (Å²) in [7, 11) is 0. The predicted octanol–water partition coefficient (Wildman–Crippen LogP) is 4.69. The number of hydrogen-bond acceptors (Lipinski definition) is 3. The van der Waals surface area contributed by atoms with E-state index < -0.39 is 0 Å². The van der Waals surface area contributed by atoms with Gasteiger partial charge in [0.05, 0.1) is 4.47 Å². The van der Waals surface area contributed by atoms with Crippen LogP contribution in [0, 0.1) is 12.8 Å². The second-order valence-electron chi connectivity index (χ2n) is 5.56. The smallest absolute Gasteiger partial charge is 0.219 e. The Hall–Kier alpha value is -1.39. The number of ether oxygens (including phenoxy) is 1. The molecule has 1 N–H and O–H groups in total. The number of pyridine rings is 1. The van der Waals surface area contributed by atoms with Crippen LogP contribution in [0.1, 0.15) is 25.0 Å². The highest BCUT2D eigenvalue weighted by molar-refractivity contribution is 9.10. The van der Waals surface area contributed by atoms with Crippen LogP contribution in [0.5, 0.6) is 11.6 Å². The Bertz CT molecular complexity index is 599. The Labute approximate surface area is 134 Å². The summed E-state index contributed by atoms with van der Waals surface area (Å²) in [6.07, 6.45) is 1.78. The molecule has 0 radical (unpaired) electrons. The molecule has 0 spiro atoms. The third kappa shape index (κ3) is 5.14. The maximum Gasteiger partial charge on any atom is 0.219 e. The zero-order valence-corrected chi connectivity index (χ0v) is 14.3. The van der Waals surface area contributed by atoms with Crippen LogP contribution in [-0.2, 0) is 6.54 Å². The molecule has 1 heterocycles. The predicted molar refractivity (Wildman–Crippen MR) is 89.7 cm³/mol. The number of halogens is 1. The molecule has 21 heavy (non-hydrogen) atoms. The summed E-state index contributed by atoms with van der Waals surface area (Å²) in [5.74, 6) is 2.04. The molecule has 1 aromatic carbocycles. The van der Waals surface area contributed by atoms with Gasteiger partial charge in [-0.15, -0.1) is 0 Å². The van der Waals surface area contributed by atoms with Gasteiger partial charge >= 0.3 is 0 Å². The number of aryl methyl sites for hydroxylation is 1. The lowest BCUT2D eigenvalue weighted by Gasteiger charge is -2.10. The first-order valence-electron chi connectivity index (χ1n) is 7.14. The molecular formula is C17H21BrN2O. The van der Waals surface area contributed by atoms with Crippen LogP contribution >= 0.6 is 15.9 Å². The minimum absolute atomic E-state index is 0.614. The summed E-state index contributed by atoms with van der Waals surface area (Å²) < 4.78 is 6.78. The average molecular weight is 349 g/mol. The summed E-state index contributed by atoms with van der Waals surface area (Å²) in [5, 5.41) is 3.42. The van der Waals surface area contributed by atoms with Gasteiger partial charge in [-0.05, 0) is 64.6 Å². The Morgan fingerprint density at radius 3 is 2.76 bits per heavy atom. The van der Waals surface area contributed by atoms with E-state index in [4.69, 9.17) is 4.74 Å². The fourth-order valence-corrected chi connectivity index (χ4v) is 2.50. The zero-order valence-electron chi connectivity index (χ0n) is 12.7. The highest BCUT2D eigenvalue weighted by Crippen LogP contribution is 2.29. The minimum atomic E-state index is 0.614. The first-order chi connectivity index (χ1) is 10.0. The Balaban J connectivity index is 2.03. The molecule has 2 rings (SSSR count). The number of benzene rings is 1. The topological polar surface area (TPSA) is 34.1 Å². The molecule has 0 amide bonds. The lowest BCUT2D eigenvalue weighted by atomic mass is 10.2. The van der Waals surface area contributed by atoms with Crippen molar-refractivity contribution in [3.8, 4) is 11.6 Å². The Morgan fingerprint density at radius 1 is 1.24 bits per heavy atom. The number of rotatable bonds is 6. The molecule has 0 aliphatic carbocycles. The standard InChI is InChI=1S/C17H21BrN2O/c1-12(2)10-19-11-14-6-7-20-17(9-14)21-16-5-4-13(3)8-15(16)18/h4-9,12,19H,10-11H2,1-3H3. The lowest BCUT2D eigenvalue weighted by Crippen LogP contribution is -2.18. The van der Waals surface area contributed by atoms with E-state index in [1.807, 2.05) is 37.3 Å². The lowest BCUT2D eigenvalue weighted by molar-refractivity contribution is 0.458. The van der Waals surface area contributed by atoms with E-state index in [2.05, 4.69) is 40.1 Å². The zero-order chi connectivity index (χ0) is 15.2. The number of aromatic nitrogens is 1. The van der Waals surface area contributed by atoms with E-state index in [0.717, 1.165) is 23.3 Å². The van der Waals surface area contributed by atoms with Gasteiger partial charge in [0, 0.05) is 18.8 Å². The van der Waals surface area contributed by atoms with Crippen LogP contribution in [0.4, 0.5) is 0 Å². The fraction of sp³-hybridized carbons (Fsp3) is 0.353. The molecule has 0 unspecified atom stereocenters. The van der Waals surface area contributed by atoms with Crippen molar-refractivity contribution in [1.82, 2.24) is 10.3 Å². The van der Waals surface area contributed by atoms with Gasteiger partial charge < -0.3 is 10.1 Å². The average Bonchev–Trinajstić information content (AvgIpc) is 2.42. The van der Waals surface area contributed by atoms with Crippen LogP contribution in [0.2, 0.25) is 0 Å². The van der Waals surface area contributed by atoms with Gasteiger partial charge in [-0.3, -0.25) is 0 Å². The Morgan fingerprint density at radius 2 is 2.05 bits per heavy atom. The van der Waals surface area contributed by atoms with Gasteiger partial charge in [0.15, 0.2) is 0 Å². The van der Waals surface area contributed by atoms with Crippen LogP contribution in [0.15, 0.2) is 41.0 Å². The molecule has 0 atom stereocenters. The van der Waals surface area contributed by atoms with Crippen molar-refractivity contribution in [2.24, 2.45) is 5.92 Å². The van der Waals surface area contributed by atoms with Crippen molar-refractivity contribution >= 4 is 15.9 Å². The highest BCUT2D eigenvalue weighted by atomic mass is 79.9. The van der Waals surface area contributed by atoms with Gasteiger partial charge in [0.25, 0.3) is 0 Å². The molecular weight excluding hydrogens is 328 g/mol. The third-order valence-corrected chi connectivity index (χ3v) is 3.60. The minimum Gasteiger partial charge on any atom is -0.438 e. The third-order valence-electron chi connectivity index (χ3n) is 2.98. The molecule has 0 aliphatic heterocycles. The van der Waals surface area contributed by atoms with Gasteiger partial charge in [-0.2, -0.15) is 0 Å². The van der Waals surface area contributed by atoms with E-state index in [0.29, 0.717) is 11.8 Å². The number of hydrogen-bond donors (Lipinski definition) is 1. The van der Waals surface area contributed by atoms with Crippen LogP contribution in [0.25, 0.3) is 0 Å². The molecule has 2 aromatic rings. The van der Waals surface area contributed by atoms with Crippen molar-refractivity contribution in [3.63, 3.8) is 0 Å². The van der Waals surface area contributed by atoms with Crippen molar-refractivity contribution in [2.75, 3.05) is 6.54 Å². The van der Waals surface area contributed by atoms with Crippen molar-refractivity contribution < 1.29 is 4.74 Å². The molecule has 112 valence electrons. The van der Waals surface area contributed by atoms with E-state index in [1.54, 1.807) is 6.20 Å². The van der Waals surface area contributed by atoms with Crippen LogP contribution in [-0.4, -0.2) is 11.5 Å². The SMILES string of the molecule is Cc1ccc(Oc2cc(CNCC(C)C)ccn2)c(Br)c1. The first-order valence-corrected chi connectivity index (χ1v) is 7.93. The fourth-order valence-electron chi connectivity index (χ4n) is 1.92. The Kier molecular flexibility index (Phi) is 5.76. The summed E-state index contributed by atoms with van der Waals surface area (Å²) in [6.45, 7) is 8.27.